The zero-order valence-corrected chi connectivity index (χ0v) is 15.9. The van der Waals surface area contributed by atoms with Crippen LogP contribution in [0.15, 0.2) is 53.0 Å². The van der Waals surface area contributed by atoms with Gasteiger partial charge in [0.05, 0.1) is 4.83 Å². The van der Waals surface area contributed by atoms with E-state index in [-0.39, 0.29) is 10.7 Å². The maximum atomic E-state index is 12.3. The Morgan fingerprint density at radius 1 is 0.955 bits per heavy atom. The quantitative estimate of drug-likeness (QED) is 0.587. The maximum Gasteiger partial charge on any atom is 0.253 e. The van der Waals surface area contributed by atoms with Crippen LogP contribution in [0, 0.1) is 0 Å². The molecule has 0 radical (unpaired) electrons. The Labute approximate surface area is 148 Å². The van der Waals surface area contributed by atoms with Gasteiger partial charge >= 0.3 is 0 Å². The molecule has 2 rings (SSSR count). The second kappa shape index (κ2) is 7.93. The van der Waals surface area contributed by atoms with Gasteiger partial charge in [-0.25, -0.2) is 0 Å². The molecule has 0 saturated carbocycles. The molecule has 0 fully saturated rings. The number of alkyl halides is 1. The highest BCUT2D eigenvalue weighted by Gasteiger charge is 2.14. The van der Waals surface area contributed by atoms with Gasteiger partial charge in [-0.3, -0.25) is 4.79 Å². The molecule has 22 heavy (non-hydrogen) atoms. The normalized spacial score (nSPS) is 12.0. The summed E-state index contributed by atoms with van der Waals surface area (Å²) in [6.45, 7) is 5.46. The van der Waals surface area contributed by atoms with Crippen molar-refractivity contribution < 1.29 is 4.79 Å². The van der Waals surface area contributed by atoms with Crippen LogP contribution in [0.4, 0.5) is 0 Å². The van der Waals surface area contributed by atoms with Crippen molar-refractivity contribution in [2.45, 2.75) is 18.7 Å². The summed E-state index contributed by atoms with van der Waals surface area (Å²) in [5.41, 5.74) is 3.06. The van der Waals surface area contributed by atoms with Gasteiger partial charge in [0.25, 0.3) is 5.91 Å². The van der Waals surface area contributed by atoms with Crippen LogP contribution in [0.2, 0.25) is 0 Å². The van der Waals surface area contributed by atoms with Crippen molar-refractivity contribution in [2.24, 2.45) is 0 Å². The van der Waals surface area contributed by atoms with Gasteiger partial charge in [0.15, 0.2) is 0 Å². The lowest BCUT2D eigenvalue weighted by Crippen LogP contribution is -2.30. The largest absolute Gasteiger partial charge is 0.339 e. The first kappa shape index (κ1) is 17.2. The fraction of sp³-hybridized carbons (Fsp3) is 0.278. The highest BCUT2D eigenvalue weighted by Crippen LogP contribution is 2.31. The number of benzene rings is 2. The van der Waals surface area contributed by atoms with Gasteiger partial charge in [0.2, 0.25) is 0 Å². The molecular weight excluding hydrogens is 406 g/mol. The third kappa shape index (κ3) is 3.99. The molecule has 2 aromatic rings. The van der Waals surface area contributed by atoms with Gasteiger partial charge in [0, 0.05) is 23.1 Å². The van der Waals surface area contributed by atoms with Crippen molar-refractivity contribution in [3.8, 4) is 0 Å². The van der Waals surface area contributed by atoms with Crippen molar-refractivity contribution in [3.05, 3.63) is 69.7 Å². The van der Waals surface area contributed by atoms with Crippen LogP contribution in [-0.2, 0) is 0 Å². The molecule has 0 aromatic heterocycles. The summed E-state index contributed by atoms with van der Waals surface area (Å²) >= 11 is 7.17. The van der Waals surface area contributed by atoms with E-state index in [9.17, 15) is 4.79 Å². The third-order valence-corrected chi connectivity index (χ3v) is 5.25. The predicted molar refractivity (Wildman–Crippen MR) is 98.6 cm³/mol. The van der Waals surface area contributed by atoms with Crippen molar-refractivity contribution in [2.75, 3.05) is 13.1 Å². The molecule has 2 nitrogen and oxygen atoms in total. The lowest BCUT2D eigenvalue weighted by atomic mass is 10.0. The Kier molecular flexibility index (Phi) is 6.21. The van der Waals surface area contributed by atoms with Crippen LogP contribution in [0.1, 0.15) is 40.2 Å². The van der Waals surface area contributed by atoms with Crippen molar-refractivity contribution >= 4 is 37.8 Å². The maximum absolute atomic E-state index is 12.3. The molecule has 1 amide bonds. The first-order chi connectivity index (χ1) is 10.6. The molecule has 0 aliphatic rings. The highest BCUT2D eigenvalue weighted by atomic mass is 79.9. The first-order valence-corrected chi connectivity index (χ1v) is 9.06. The number of rotatable bonds is 5. The minimum Gasteiger partial charge on any atom is -0.339 e. The van der Waals surface area contributed by atoms with Crippen molar-refractivity contribution in [1.82, 2.24) is 4.90 Å². The standard InChI is InChI=1S/C18H19Br2NO/c1-3-21(4-2)18(22)15-7-5-13(6-8-15)17(20)14-9-11-16(19)12-10-14/h5-12,17H,3-4H2,1-2H3. The molecule has 1 atom stereocenters. The van der Waals surface area contributed by atoms with E-state index in [0.29, 0.717) is 0 Å². The van der Waals surface area contributed by atoms with E-state index in [1.807, 2.05) is 55.1 Å². The molecule has 0 heterocycles. The van der Waals surface area contributed by atoms with E-state index < -0.39 is 0 Å². The SMILES string of the molecule is CCN(CC)C(=O)c1ccc(C(Br)c2ccc(Br)cc2)cc1. The summed E-state index contributed by atoms with van der Waals surface area (Å²) in [7, 11) is 0. The van der Waals surface area contributed by atoms with Crippen LogP contribution < -0.4 is 0 Å². The summed E-state index contributed by atoms with van der Waals surface area (Å²) in [6.07, 6.45) is 0. The molecule has 0 N–H and O–H groups in total. The van der Waals surface area contributed by atoms with Crippen LogP contribution in [-0.4, -0.2) is 23.9 Å². The molecule has 0 bridgehead atoms. The summed E-state index contributed by atoms with van der Waals surface area (Å²) in [5, 5.41) is 0. The Hall–Kier alpha value is -1.13. The highest BCUT2D eigenvalue weighted by molar-refractivity contribution is 9.10. The molecule has 4 heteroatoms. The summed E-state index contributed by atoms with van der Waals surface area (Å²) in [6, 6.07) is 16.1. The van der Waals surface area contributed by atoms with Crippen LogP contribution in [0.25, 0.3) is 0 Å². The Morgan fingerprint density at radius 2 is 1.41 bits per heavy atom. The summed E-state index contributed by atoms with van der Waals surface area (Å²) in [5.74, 6) is 0.0892. The van der Waals surface area contributed by atoms with Gasteiger partial charge < -0.3 is 4.90 Å². The zero-order valence-electron chi connectivity index (χ0n) is 12.7. The molecule has 0 spiro atoms. The Morgan fingerprint density at radius 3 is 1.86 bits per heavy atom. The average Bonchev–Trinajstić information content (AvgIpc) is 2.56. The number of amides is 1. The number of carbonyl (C=O) groups excluding carboxylic acids is 1. The van der Waals surface area contributed by atoms with Gasteiger partial charge in [0.1, 0.15) is 0 Å². The number of nitrogens with zero attached hydrogens (tertiary/aromatic N) is 1. The van der Waals surface area contributed by atoms with Crippen LogP contribution in [0.3, 0.4) is 0 Å². The summed E-state index contributed by atoms with van der Waals surface area (Å²) < 4.78 is 1.07. The Balaban J connectivity index is 2.17. The Bertz CT molecular complexity index is 619. The minimum atomic E-state index is 0.0892. The molecule has 116 valence electrons. The lowest BCUT2D eigenvalue weighted by Gasteiger charge is -2.19. The number of halogens is 2. The lowest BCUT2D eigenvalue weighted by molar-refractivity contribution is 0.0773. The molecule has 1 unspecified atom stereocenters. The topological polar surface area (TPSA) is 20.3 Å². The fourth-order valence-corrected chi connectivity index (χ4v) is 3.19. The van der Waals surface area contributed by atoms with Crippen molar-refractivity contribution in [1.29, 1.82) is 0 Å². The van der Waals surface area contributed by atoms with Gasteiger partial charge in [-0.2, -0.15) is 0 Å². The van der Waals surface area contributed by atoms with E-state index >= 15 is 0 Å². The van der Waals surface area contributed by atoms with Crippen LogP contribution in [0.5, 0.6) is 0 Å². The smallest absolute Gasteiger partial charge is 0.253 e. The van der Waals surface area contributed by atoms with E-state index in [4.69, 9.17) is 0 Å². The first-order valence-electron chi connectivity index (χ1n) is 7.35. The zero-order chi connectivity index (χ0) is 16.1. The van der Waals surface area contributed by atoms with Crippen LogP contribution >= 0.6 is 31.9 Å². The molecule has 0 aliphatic carbocycles. The minimum absolute atomic E-state index is 0.0892. The molecule has 2 aromatic carbocycles. The van der Waals surface area contributed by atoms with E-state index in [0.717, 1.165) is 28.7 Å². The molecule has 0 saturated heterocycles. The third-order valence-electron chi connectivity index (χ3n) is 3.66. The molecular formula is C18H19Br2NO. The predicted octanol–water partition coefficient (Wildman–Crippen LogP) is 5.42. The second-order valence-electron chi connectivity index (χ2n) is 5.01. The second-order valence-corrected chi connectivity index (χ2v) is 6.84. The van der Waals surface area contributed by atoms with Gasteiger partial charge in [-0.1, -0.05) is 56.1 Å². The van der Waals surface area contributed by atoms with E-state index in [1.54, 1.807) is 0 Å². The number of carbonyl (C=O) groups is 1. The number of hydrogen-bond acceptors (Lipinski definition) is 1. The van der Waals surface area contributed by atoms with Gasteiger partial charge in [-0.15, -0.1) is 0 Å². The fourth-order valence-electron chi connectivity index (χ4n) is 2.31. The average molecular weight is 425 g/mol. The van der Waals surface area contributed by atoms with Crippen molar-refractivity contribution in [3.63, 3.8) is 0 Å². The van der Waals surface area contributed by atoms with E-state index in [2.05, 4.69) is 44.0 Å². The summed E-state index contributed by atoms with van der Waals surface area (Å²) in [4.78, 5) is 14.3. The van der Waals surface area contributed by atoms with E-state index in [1.165, 1.54) is 5.56 Å². The van der Waals surface area contributed by atoms with Gasteiger partial charge in [-0.05, 0) is 49.2 Å². The number of hydrogen-bond donors (Lipinski definition) is 0. The molecule has 0 aliphatic heterocycles. The monoisotopic (exact) mass is 423 g/mol.